The molecular weight excluding hydrogens is 230 g/mol. The fourth-order valence-corrected chi connectivity index (χ4v) is 2.02. The minimum Gasteiger partial charge on any atom is -0.465 e. The molecule has 0 unspecified atom stereocenters. The summed E-state index contributed by atoms with van der Waals surface area (Å²) in [4.78, 5) is 21.6. The summed E-state index contributed by atoms with van der Waals surface area (Å²) in [7, 11) is 0. The summed E-state index contributed by atoms with van der Waals surface area (Å²) in [5.41, 5.74) is 2.88. The zero-order valence-corrected chi connectivity index (χ0v) is 9.98. The molecule has 1 aromatic rings. The molecule has 0 heterocycles. The molecule has 0 aromatic heterocycles. The second-order valence-corrected chi connectivity index (χ2v) is 4.39. The summed E-state index contributed by atoms with van der Waals surface area (Å²) in [5.74, 6) is 0.341. The Morgan fingerprint density at radius 1 is 1.11 bits per heavy atom. The molecule has 4 nitrogen and oxygen atoms in total. The first kappa shape index (κ1) is 12.4. The van der Waals surface area contributed by atoms with Crippen LogP contribution in [0.5, 0.6) is 0 Å². The number of allylic oxidation sites excluding steroid dienone is 1. The number of Topliss-reactive ketones (excluding diaryl/α,β-unsaturated/α-hetero) is 1. The number of hydrogen-bond donors (Lipinski definition) is 2. The maximum absolute atomic E-state index is 11.1. The van der Waals surface area contributed by atoms with E-state index in [0.29, 0.717) is 24.3 Å². The van der Waals surface area contributed by atoms with E-state index in [2.05, 4.69) is 11.4 Å². The molecule has 18 heavy (non-hydrogen) atoms. The number of carbonyl (C=O) groups is 2. The third kappa shape index (κ3) is 3.45. The van der Waals surface area contributed by atoms with Crippen molar-refractivity contribution in [3.8, 4) is 0 Å². The highest BCUT2D eigenvalue weighted by Gasteiger charge is 2.12. The number of ketones is 1. The van der Waals surface area contributed by atoms with Gasteiger partial charge >= 0.3 is 6.09 Å². The number of carbonyl (C=O) groups excluding carboxylic acids is 1. The number of rotatable bonds is 2. The molecule has 1 aromatic carbocycles. The quantitative estimate of drug-likeness (QED) is 0.840. The topological polar surface area (TPSA) is 66.4 Å². The molecule has 1 aliphatic rings. The van der Waals surface area contributed by atoms with Gasteiger partial charge in [-0.25, -0.2) is 4.79 Å². The molecule has 0 spiro atoms. The van der Waals surface area contributed by atoms with Crippen molar-refractivity contribution in [3.05, 3.63) is 35.4 Å². The average molecular weight is 245 g/mol. The highest BCUT2D eigenvalue weighted by molar-refractivity contribution is 5.83. The van der Waals surface area contributed by atoms with Gasteiger partial charge in [0.25, 0.3) is 0 Å². The summed E-state index contributed by atoms with van der Waals surface area (Å²) in [6.07, 6.45) is 3.99. The molecule has 0 saturated heterocycles. The standard InChI is InChI=1S/C14H15NO3/c16-13-7-3-11(4-8-13)9-10-1-5-12(6-2-10)15-14(17)18/h1-2,5-6,9,15H,3-4,7-8H2,(H,17,18). The fourth-order valence-electron chi connectivity index (χ4n) is 2.02. The van der Waals surface area contributed by atoms with E-state index in [1.807, 2.05) is 12.1 Å². The minimum absolute atomic E-state index is 0.341. The number of amides is 1. The Bertz CT molecular complexity index is 476. The fraction of sp³-hybridized carbons (Fsp3) is 0.286. The van der Waals surface area contributed by atoms with Crippen LogP contribution in [0.25, 0.3) is 6.08 Å². The van der Waals surface area contributed by atoms with E-state index >= 15 is 0 Å². The maximum atomic E-state index is 11.1. The van der Waals surface area contributed by atoms with Crippen LogP contribution in [0.1, 0.15) is 31.2 Å². The molecule has 0 bridgehead atoms. The van der Waals surface area contributed by atoms with Crippen LogP contribution in [-0.2, 0) is 4.79 Å². The van der Waals surface area contributed by atoms with Crippen molar-refractivity contribution in [2.24, 2.45) is 0 Å². The monoisotopic (exact) mass is 245 g/mol. The van der Waals surface area contributed by atoms with Crippen LogP contribution in [0.15, 0.2) is 29.8 Å². The predicted octanol–water partition coefficient (Wildman–Crippen LogP) is 3.30. The number of nitrogens with one attached hydrogen (secondary N) is 1. The van der Waals surface area contributed by atoms with E-state index in [-0.39, 0.29) is 0 Å². The van der Waals surface area contributed by atoms with Gasteiger partial charge in [0.1, 0.15) is 5.78 Å². The second kappa shape index (κ2) is 5.49. The lowest BCUT2D eigenvalue weighted by Gasteiger charge is -2.12. The molecule has 1 saturated carbocycles. The first-order chi connectivity index (χ1) is 8.63. The second-order valence-electron chi connectivity index (χ2n) is 4.39. The zero-order valence-electron chi connectivity index (χ0n) is 9.98. The van der Waals surface area contributed by atoms with Crippen molar-refractivity contribution < 1.29 is 14.7 Å². The molecule has 0 atom stereocenters. The lowest BCUT2D eigenvalue weighted by atomic mass is 9.92. The number of hydrogen-bond acceptors (Lipinski definition) is 2. The van der Waals surface area contributed by atoms with E-state index in [0.717, 1.165) is 18.4 Å². The summed E-state index contributed by atoms with van der Waals surface area (Å²) >= 11 is 0. The third-order valence-electron chi connectivity index (χ3n) is 2.98. The Morgan fingerprint density at radius 2 is 1.72 bits per heavy atom. The first-order valence-corrected chi connectivity index (χ1v) is 5.94. The van der Waals surface area contributed by atoms with E-state index in [1.54, 1.807) is 12.1 Å². The van der Waals surface area contributed by atoms with E-state index in [1.165, 1.54) is 5.57 Å². The van der Waals surface area contributed by atoms with Crippen LogP contribution in [0.3, 0.4) is 0 Å². The van der Waals surface area contributed by atoms with Crippen LogP contribution >= 0.6 is 0 Å². The van der Waals surface area contributed by atoms with Gasteiger partial charge in [0.2, 0.25) is 0 Å². The smallest absolute Gasteiger partial charge is 0.409 e. The summed E-state index contributed by atoms with van der Waals surface area (Å²) < 4.78 is 0. The van der Waals surface area contributed by atoms with Crippen LogP contribution in [0.4, 0.5) is 10.5 Å². The van der Waals surface area contributed by atoms with Crippen molar-refractivity contribution in [1.82, 2.24) is 0 Å². The molecule has 0 radical (unpaired) electrons. The SMILES string of the molecule is O=C1CCC(=Cc2ccc(NC(=O)O)cc2)CC1. The Balaban J connectivity index is 2.03. The van der Waals surface area contributed by atoms with Gasteiger partial charge in [-0.15, -0.1) is 0 Å². The molecule has 1 fully saturated rings. The Morgan fingerprint density at radius 3 is 2.28 bits per heavy atom. The van der Waals surface area contributed by atoms with Gasteiger partial charge in [-0.1, -0.05) is 23.8 Å². The van der Waals surface area contributed by atoms with Gasteiger partial charge in [0, 0.05) is 18.5 Å². The van der Waals surface area contributed by atoms with Crippen molar-refractivity contribution in [3.63, 3.8) is 0 Å². The lowest BCUT2D eigenvalue weighted by molar-refractivity contribution is -0.119. The van der Waals surface area contributed by atoms with Crippen molar-refractivity contribution in [2.45, 2.75) is 25.7 Å². The van der Waals surface area contributed by atoms with E-state index < -0.39 is 6.09 Å². The molecule has 2 rings (SSSR count). The lowest BCUT2D eigenvalue weighted by Crippen LogP contribution is -2.07. The predicted molar refractivity (Wildman–Crippen MR) is 69.5 cm³/mol. The summed E-state index contributed by atoms with van der Waals surface area (Å²) in [5, 5.41) is 10.9. The number of benzene rings is 1. The minimum atomic E-state index is -1.06. The zero-order chi connectivity index (χ0) is 13.0. The van der Waals surface area contributed by atoms with E-state index in [9.17, 15) is 9.59 Å². The van der Waals surface area contributed by atoms with Gasteiger partial charge in [0.15, 0.2) is 0 Å². The van der Waals surface area contributed by atoms with E-state index in [4.69, 9.17) is 5.11 Å². The van der Waals surface area contributed by atoms with Crippen molar-refractivity contribution >= 4 is 23.6 Å². The molecule has 94 valence electrons. The largest absolute Gasteiger partial charge is 0.465 e. The average Bonchev–Trinajstić information content (AvgIpc) is 2.34. The highest BCUT2D eigenvalue weighted by Crippen LogP contribution is 2.23. The van der Waals surface area contributed by atoms with Gasteiger partial charge in [0.05, 0.1) is 0 Å². The van der Waals surface area contributed by atoms with Crippen LogP contribution in [0, 0.1) is 0 Å². The van der Waals surface area contributed by atoms with Gasteiger partial charge in [-0.3, -0.25) is 10.1 Å². The maximum Gasteiger partial charge on any atom is 0.409 e. The molecule has 2 N–H and O–H groups in total. The van der Waals surface area contributed by atoms with Crippen molar-refractivity contribution in [1.29, 1.82) is 0 Å². The van der Waals surface area contributed by atoms with Crippen LogP contribution in [-0.4, -0.2) is 17.0 Å². The normalized spacial score (nSPS) is 15.3. The molecular formula is C14H15NO3. The molecule has 1 amide bonds. The Hall–Kier alpha value is -2.10. The molecule has 4 heteroatoms. The Labute approximate surface area is 105 Å². The van der Waals surface area contributed by atoms with Crippen LogP contribution in [0.2, 0.25) is 0 Å². The van der Waals surface area contributed by atoms with Gasteiger partial charge in [-0.05, 0) is 30.5 Å². The van der Waals surface area contributed by atoms with Gasteiger partial charge in [-0.2, -0.15) is 0 Å². The summed E-state index contributed by atoms with van der Waals surface area (Å²) in [6.45, 7) is 0. The van der Waals surface area contributed by atoms with Crippen LogP contribution < -0.4 is 5.32 Å². The molecule has 1 aliphatic carbocycles. The third-order valence-corrected chi connectivity index (χ3v) is 2.98. The molecule has 0 aliphatic heterocycles. The summed E-state index contributed by atoms with van der Waals surface area (Å²) in [6, 6.07) is 7.20. The number of anilines is 1. The van der Waals surface area contributed by atoms with Gasteiger partial charge < -0.3 is 5.11 Å². The van der Waals surface area contributed by atoms with Crippen molar-refractivity contribution in [2.75, 3.05) is 5.32 Å². The highest BCUT2D eigenvalue weighted by atomic mass is 16.4. The number of carboxylic acid groups (broad SMARTS) is 1. The Kier molecular flexibility index (Phi) is 3.77. The first-order valence-electron chi connectivity index (χ1n) is 5.94.